The molecule has 0 unspecified atom stereocenters. The molecule has 0 amide bonds. The lowest BCUT2D eigenvalue weighted by Gasteiger charge is -2.00. The molecule has 1 aromatic carbocycles. The molecule has 0 aliphatic rings. The number of benzene rings is 1. The zero-order valence-corrected chi connectivity index (χ0v) is 7.46. The molecule has 0 atom stereocenters. The largest absolute Gasteiger partial charge is 0.398 e. The van der Waals surface area contributed by atoms with Crippen LogP contribution in [0.5, 0.6) is 0 Å². The Morgan fingerprint density at radius 2 is 1.92 bits per heavy atom. The first kappa shape index (κ1) is 10.8. The SMILES string of the molecule is CC.[B]C(=N)c1ccccc1N.[HH]. The molecule has 0 saturated heterocycles. The molecule has 0 fully saturated rings. The maximum Gasteiger partial charge on any atom is 0.141 e. The molecule has 64 valence electrons. The Labute approximate surface area is 76.2 Å². The van der Waals surface area contributed by atoms with Crippen molar-refractivity contribution in [2.45, 2.75) is 13.8 Å². The quantitative estimate of drug-likeness (QED) is 0.370. The van der Waals surface area contributed by atoms with Gasteiger partial charge in [0.05, 0.1) is 0 Å². The van der Waals surface area contributed by atoms with Crippen LogP contribution in [0.2, 0.25) is 0 Å². The van der Waals surface area contributed by atoms with Gasteiger partial charge in [0.2, 0.25) is 0 Å². The Bertz CT molecular complexity index is 264. The first-order chi connectivity index (χ1) is 5.72. The summed E-state index contributed by atoms with van der Waals surface area (Å²) in [5.41, 5.74) is 6.66. The predicted molar refractivity (Wildman–Crippen MR) is 56.9 cm³/mol. The summed E-state index contributed by atoms with van der Waals surface area (Å²) in [6.45, 7) is 4.00. The van der Waals surface area contributed by atoms with Crippen molar-refractivity contribution < 1.29 is 1.43 Å². The summed E-state index contributed by atoms with van der Waals surface area (Å²) in [6.07, 6.45) is 0. The van der Waals surface area contributed by atoms with Crippen molar-refractivity contribution >= 4 is 19.1 Å². The number of anilines is 1. The third kappa shape index (κ3) is 2.78. The van der Waals surface area contributed by atoms with Crippen LogP contribution in [0.1, 0.15) is 20.8 Å². The van der Waals surface area contributed by atoms with Crippen LogP contribution in [0.15, 0.2) is 24.3 Å². The van der Waals surface area contributed by atoms with E-state index < -0.39 is 0 Å². The molecule has 1 aromatic rings. The molecule has 12 heavy (non-hydrogen) atoms. The summed E-state index contributed by atoms with van der Waals surface area (Å²) in [7, 11) is 5.22. The fourth-order valence-corrected chi connectivity index (χ4v) is 0.742. The van der Waals surface area contributed by atoms with Gasteiger partial charge in [-0.25, -0.2) is 0 Å². The highest BCUT2D eigenvalue weighted by atomic mass is 14.6. The molecule has 0 heterocycles. The molecule has 2 nitrogen and oxygen atoms in total. The number of nitrogen functional groups attached to an aromatic ring is 1. The highest BCUT2D eigenvalue weighted by molar-refractivity contribution is 6.63. The van der Waals surface area contributed by atoms with Crippen LogP contribution in [0.25, 0.3) is 0 Å². The van der Waals surface area contributed by atoms with Crippen molar-refractivity contribution in [2.75, 3.05) is 5.73 Å². The van der Waals surface area contributed by atoms with E-state index in [0.29, 0.717) is 11.3 Å². The van der Waals surface area contributed by atoms with Gasteiger partial charge in [-0.2, -0.15) is 0 Å². The minimum Gasteiger partial charge on any atom is -0.398 e. The number of hydrogen-bond acceptors (Lipinski definition) is 2. The highest BCUT2D eigenvalue weighted by Gasteiger charge is 1.96. The average molecular weight is 162 g/mol. The van der Waals surface area contributed by atoms with Crippen molar-refractivity contribution in [3.63, 3.8) is 0 Å². The van der Waals surface area contributed by atoms with Gasteiger partial charge in [-0.3, -0.25) is 0 Å². The summed E-state index contributed by atoms with van der Waals surface area (Å²) >= 11 is 0. The van der Waals surface area contributed by atoms with E-state index in [1.165, 1.54) is 0 Å². The van der Waals surface area contributed by atoms with E-state index in [9.17, 15) is 0 Å². The Morgan fingerprint density at radius 3 is 2.25 bits per heavy atom. The molecule has 3 N–H and O–H groups in total. The minimum absolute atomic E-state index is 0. The zero-order valence-electron chi connectivity index (χ0n) is 7.46. The summed E-state index contributed by atoms with van der Waals surface area (Å²) in [5.74, 6) is 0. The van der Waals surface area contributed by atoms with Gasteiger partial charge in [0.1, 0.15) is 7.85 Å². The molecule has 0 aromatic heterocycles. The first-order valence-electron chi connectivity index (χ1n) is 3.90. The van der Waals surface area contributed by atoms with E-state index in [1.807, 2.05) is 19.9 Å². The van der Waals surface area contributed by atoms with Crippen LogP contribution in [-0.2, 0) is 0 Å². The molecule has 2 radical (unpaired) electrons. The number of hydrogen-bond donors (Lipinski definition) is 2. The molecule has 3 heteroatoms. The summed E-state index contributed by atoms with van der Waals surface area (Å²) in [5, 5.41) is 7.07. The van der Waals surface area contributed by atoms with Crippen molar-refractivity contribution in [3.8, 4) is 0 Å². The normalized spacial score (nSPS) is 8.17. The maximum atomic E-state index is 7.07. The molecule has 0 aliphatic carbocycles. The van der Waals surface area contributed by atoms with Crippen LogP contribution in [-0.4, -0.2) is 13.5 Å². The van der Waals surface area contributed by atoms with Crippen LogP contribution < -0.4 is 5.73 Å². The highest BCUT2D eigenvalue weighted by Crippen LogP contribution is 2.08. The average Bonchev–Trinajstić information content (AvgIpc) is 2.08. The molecule has 0 bridgehead atoms. The van der Waals surface area contributed by atoms with E-state index in [-0.39, 0.29) is 7.04 Å². The number of nitrogens with one attached hydrogen (secondary N) is 1. The number of para-hydroxylation sites is 1. The Kier molecular flexibility index (Phi) is 4.85. The van der Waals surface area contributed by atoms with Crippen LogP contribution in [0.4, 0.5) is 5.69 Å². The standard InChI is InChI=1S/C7H7BN2.C2H6.H2/c8-7(10)5-3-1-2-4-6(5)9;1-2;/h1-4,10H,9H2;1-2H3;1H. The van der Waals surface area contributed by atoms with E-state index in [1.54, 1.807) is 18.2 Å². The van der Waals surface area contributed by atoms with Crippen LogP contribution in [0.3, 0.4) is 0 Å². The second kappa shape index (κ2) is 5.41. The van der Waals surface area contributed by atoms with Gasteiger partial charge in [0.15, 0.2) is 0 Å². The van der Waals surface area contributed by atoms with E-state index in [0.717, 1.165) is 0 Å². The predicted octanol–water partition coefficient (Wildman–Crippen LogP) is 2.03. The third-order valence-electron chi connectivity index (χ3n) is 1.25. The monoisotopic (exact) mass is 162 g/mol. The van der Waals surface area contributed by atoms with E-state index >= 15 is 0 Å². The van der Waals surface area contributed by atoms with Crippen molar-refractivity contribution in [2.24, 2.45) is 0 Å². The molecular formula is C9H15BN2. The second-order valence-electron chi connectivity index (χ2n) is 2.00. The second-order valence-corrected chi connectivity index (χ2v) is 2.00. The van der Waals surface area contributed by atoms with Crippen molar-refractivity contribution in [1.82, 2.24) is 0 Å². The van der Waals surface area contributed by atoms with Gasteiger partial charge >= 0.3 is 0 Å². The fourth-order valence-electron chi connectivity index (χ4n) is 0.742. The lowest BCUT2D eigenvalue weighted by atomic mass is 9.93. The Hall–Kier alpha value is -1.25. The fraction of sp³-hybridized carbons (Fsp3) is 0.222. The maximum absolute atomic E-state index is 7.07. The van der Waals surface area contributed by atoms with Gasteiger partial charge in [-0.15, -0.1) is 0 Å². The summed E-state index contributed by atoms with van der Waals surface area (Å²) in [6, 6.07) is 7.04. The number of rotatable bonds is 1. The van der Waals surface area contributed by atoms with Crippen LogP contribution >= 0.6 is 0 Å². The van der Waals surface area contributed by atoms with Crippen molar-refractivity contribution in [1.29, 1.82) is 5.41 Å². The molecule has 0 saturated carbocycles. The van der Waals surface area contributed by atoms with Gasteiger partial charge in [-0.1, -0.05) is 32.0 Å². The third-order valence-corrected chi connectivity index (χ3v) is 1.25. The Balaban J connectivity index is 0. The topological polar surface area (TPSA) is 49.9 Å². The summed E-state index contributed by atoms with van der Waals surface area (Å²) < 4.78 is 0. The molecular weight excluding hydrogens is 147 g/mol. The van der Waals surface area contributed by atoms with E-state index in [4.69, 9.17) is 19.0 Å². The zero-order chi connectivity index (χ0) is 9.56. The lowest BCUT2D eigenvalue weighted by Crippen LogP contribution is -2.01. The van der Waals surface area contributed by atoms with Crippen LogP contribution in [0, 0.1) is 5.41 Å². The Morgan fingerprint density at radius 1 is 1.42 bits per heavy atom. The summed E-state index contributed by atoms with van der Waals surface area (Å²) in [4.78, 5) is 0. The van der Waals surface area contributed by atoms with Crippen molar-refractivity contribution in [3.05, 3.63) is 29.8 Å². The smallest absolute Gasteiger partial charge is 0.141 e. The van der Waals surface area contributed by atoms with E-state index in [2.05, 4.69) is 0 Å². The molecule has 0 spiro atoms. The minimum atomic E-state index is 0. The number of nitrogens with two attached hydrogens (primary N) is 1. The molecule has 0 aliphatic heterocycles. The van der Waals surface area contributed by atoms with Gasteiger partial charge in [0, 0.05) is 12.7 Å². The van der Waals surface area contributed by atoms with Gasteiger partial charge < -0.3 is 11.1 Å². The van der Waals surface area contributed by atoms with Gasteiger partial charge in [-0.05, 0) is 11.7 Å². The molecule has 1 rings (SSSR count). The first-order valence-corrected chi connectivity index (χ1v) is 3.90. The lowest BCUT2D eigenvalue weighted by molar-refractivity contribution is 1.50. The van der Waals surface area contributed by atoms with Gasteiger partial charge in [0.25, 0.3) is 0 Å².